The second-order valence-corrected chi connectivity index (χ2v) is 7.07. The van der Waals surface area contributed by atoms with Gasteiger partial charge in [-0.1, -0.05) is 13.8 Å². The Bertz CT molecular complexity index is 608. The fourth-order valence-electron chi connectivity index (χ4n) is 2.33. The van der Waals surface area contributed by atoms with Gasteiger partial charge in [-0.25, -0.2) is 4.79 Å². The highest BCUT2D eigenvalue weighted by Crippen LogP contribution is 2.05. The number of carbonyl (C=O) groups is 5. The number of aliphatic hydroxyl groups is 1. The van der Waals surface area contributed by atoms with Gasteiger partial charge in [-0.05, 0) is 25.7 Å². The molecule has 8 N–H and O–H groups in total. The van der Waals surface area contributed by atoms with Gasteiger partial charge in [0.05, 0.1) is 18.7 Å². The molecule has 0 saturated carbocycles. The van der Waals surface area contributed by atoms with E-state index in [1.54, 1.807) is 0 Å². The molecule has 12 heteroatoms. The lowest BCUT2D eigenvalue weighted by Gasteiger charge is -2.21. The van der Waals surface area contributed by atoms with E-state index in [0.717, 1.165) is 0 Å². The molecule has 0 spiro atoms. The molecule has 4 atom stereocenters. The van der Waals surface area contributed by atoms with Crippen molar-refractivity contribution < 1.29 is 39.3 Å². The first-order valence-corrected chi connectivity index (χ1v) is 9.10. The summed E-state index contributed by atoms with van der Waals surface area (Å²) in [7, 11) is 0. The first kappa shape index (κ1) is 26.3. The quantitative estimate of drug-likeness (QED) is 0.172. The van der Waals surface area contributed by atoms with Crippen LogP contribution in [0.15, 0.2) is 0 Å². The Hall–Kier alpha value is -2.73. The third kappa shape index (κ3) is 11.0. The van der Waals surface area contributed by atoms with Gasteiger partial charge >= 0.3 is 11.9 Å². The maximum Gasteiger partial charge on any atom is 0.328 e. The van der Waals surface area contributed by atoms with Crippen LogP contribution in [0.2, 0.25) is 0 Å². The van der Waals surface area contributed by atoms with Crippen molar-refractivity contribution in [3.05, 3.63) is 0 Å². The predicted octanol–water partition coefficient (Wildman–Crippen LogP) is -2.22. The summed E-state index contributed by atoms with van der Waals surface area (Å²) in [5, 5.41) is 33.7. The standard InChI is InChI=1S/C17H30N4O8/c1-8(2)6-10(18)15(26)20-11(4-5-13(24)25)16(27)19-7-12(23)21-14(9(3)22)17(28)29/h8-11,14,22H,4-7,18H2,1-3H3,(H,19,27)(H,20,26)(H,21,23)(H,24,25)(H,28,29). The van der Waals surface area contributed by atoms with Crippen LogP contribution in [0.5, 0.6) is 0 Å². The second kappa shape index (κ2) is 12.7. The Morgan fingerprint density at radius 3 is 2.00 bits per heavy atom. The zero-order valence-corrected chi connectivity index (χ0v) is 16.7. The Balaban J connectivity index is 4.90. The van der Waals surface area contributed by atoms with Crippen molar-refractivity contribution in [2.75, 3.05) is 6.54 Å². The fourth-order valence-corrected chi connectivity index (χ4v) is 2.33. The normalized spacial score (nSPS) is 15.0. The molecule has 0 radical (unpaired) electrons. The molecular weight excluding hydrogens is 388 g/mol. The van der Waals surface area contributed by atoms with E-state index in [2.05, 4.69) is 10.6 Å². The lowest BCUT2D eigenvalue weighted by molar-refractivity contribution is -0.144. The van der Waals surface area contributed by atoms with Gasteiger partial charge in [0.2, 0.25) is 17.7 Å². The third-order valence-corrected chi connectivity index (χ3v) is 3.83. The van der Waals surface area contributed by atoms with Gasteiger partial charge in [0, 0.05) is 6.42 Å². The van der Waals surface area contributed by atoms with Gasteiger partial charge < -0.3 is 37.0 Å². The van der Waals surface area contributed by atoms with Crippen LogP contribution in [0.1, 0.15) is 40.0 Å². The molecule has 0 heterocycles. The van der Waals surface area contributed by atoms with E-state index in [4.69, 9.17) is 15.9 Å². The SMILES string of the molecule is CC(C)CC(N)C(=O)NC(CCC(=O)O)C(=O)NCC(=O)NC(C(=O)O)C(C)O. The molecule has 0 rings (SSSR count). The van der Waals surface area contributed by atoms with Crippen LogP contribution in [0.3, 0.4) is 0 Å². The van der Waals surface area contributed by atoms with Crippen molar-refractivity contribution in [3.8, 4) is 0 Å². The van der Waals surface area contributed by atoms with Crippen molar-refractivity contribution in [1.29, 1.82) is 0 Å². The Morgan fingerprint density at radius 2 is 1.55 bits per heavy atom. The van der Waals surface area contributed by atoms with E-state index in [-0.39, 0.29) is 12.3 Å². The number of carboxylic acids is 2. The van der Waals surface area contributed by atoms with Crippen molar-refractivity contribution in [2.24, 2.45) is 11.7 Å². The zero-order chi connectivity index (χ0) is 22.7. The summed E-state index contributed by atoms with van der Waals surface area (Å²) in [6.45, 7) is 4.26. The molecule has 0 aromatic rings. The second-order valence-electron chi connectivity index (χ2n) is 7.07. The van der Waals surface area contributed by atoms with Gasteiger partial charge in [-0.15, -0.1) is 0 Å². The van der Waals surface area contributed by atoms with E-state index >= 15 is 0 Å². The monoisotopic (exact) mass is 418 g/mol. The summed E-state index contributed by atoms with van der Waals surface area (Å²) >= 11 is 0. The molecule has 0 saturated heterocycles. The van der Waals surface area contributed by atoms with Crippen LogP contribution in [-0.2, 0) is 24.0 Å². The van der Waals surface area contributed by atoms with Crippen LogP contribution in [0.4, 0.5) is 0 Å². The van der Waals surface area contributed by atoms with Gasteiger partial charge in [0.15, 0.2) is 6.04 Å². The minimum atomic E-state index is -1.56. The van der Waals surface area contributed by atoms with E-state index in [9.17, 15) is 29.1 Å². The highest BCUT2D eigenvalue weighted by Gasteiger charge is 2.27. The molecule has 12 nitrogen and oxygen atoms in total. The molecule has 0 aromatic heterocycles. The maximum atomic E-state index is 12.3. The third-order valence-electron chi connectivity index (χ3n) is 3.83. The fraction of sp³-hybridized carbons (Fsp3) is 0.706. The Labute approximate surface area is 168 Å². The Morgan fingerprint density at radius 1 is 0.966 bits per heavy atom. The molecule has 0 aliphatic rings. The lowest BCUT2D eigenvalue weighted by Crippen LogP contribution is -2.54. The summed E-state index contributed by atoms with van der Waals surface area (Å²) in [5.74, 6) is -4.84. The van der Waals surface area contributed by atoms with Crippen molar-refractivity contribution in [3.63, 3.8) is 0 Å². The molecule has 0 fully saturated rings. The van der Waals surface area contributed by atoms with E-state index in [1.807, 2.05) is 19.2 Å². The summed E-state index contributed by atoms with van der Waals surface area (Å²) < 4.78 is 0. The van der Waals surface area contributed by atoms with Crippen LogP contribution >= 0.6 is 0 Å². The summed E-state index contributed by atoms with van der Waals surface area (Å²) in [6.07, 6.45) is -1.64. The number of aliphatic carboxylic acids is 2. The molecular formula is C17H30N4O8. The number of aliphatic hydroxyl groups excluding tert-OH is 1. The van der Waals surface area contributed by atoms with Crippen LogP contribution in [0.25, 0.3) is 0 Å². The lowest BCUT2D eigenvalue weighted by atomic mass is 10.0. The number of carboxylic acid groups (broad SMARTS) is 2. The number of rotatable bonds is 13. The summed E-state index contributed by atoms with van der Waals surface area (Å²) in [6, 6.07) is -3.69. The minimum Gasteiger partial charge on any atom is -0.481 e. The van der Waals surface area contributed by atoms with Crippen molar-refractivity contribution in [2.45, 2.75) is 64.3 Å². The maximum absolute atomic E-state index is 12.3. The Kier molecular flexibility index (Phi) is 11.5. The van der Waals surface area contributed by atoms with E-state index in [0.29, 0.717) is 6.42 Å². The molecule has 0 aromatic carbocycles. The highest BCUT2D eigenvalue weighted by atomic mass is 16.4. The van der Waals surface area contributed by atoms with Gasteiger partial charge in [-0.2, -0.15) is 0 Å². The molecule has 4 unspecified atom stereocenters. The van der Waals surface area contributed by atoms with Crippen LogP contribution in [-0.4, -0.2) is 75.8 Å². The first-order valence-electron chi connectivity index (χ1n) is 9.10. The number of nitrogens with one attached hydrogen (secondary N) is 3. The smallest absolute Gasteiger partial charge is 0.328 e. The number of carbonyl (C=O) groups excluding carboxylic acids is 3. The van der Waals surface area contributed by atoms with Crippen LogP contribution in [0, 0.1) is 5.92 Å². The highest BCUT2D eigenvalue weighted by molar-refractivity contribution is 5.92. The summed E-state index contributed by atoms with van der Waals surface area (Å²) in [5.41, 5.74) is 5.75. The molecule has 29 heavy (non-hydrogen) atoms. The molecule has 166 valence electrons. The van der Waals surface area contributed by atoms with Crippen molar-refractivity contribution in [1.82, 2.24) is 16.0 Å². The minimum absolute atomic E-state index is 0.127. The number of hydrogen-bond donors (Lipinski definition) is 7. The van der Waals surface area contributed by atoms with E-state index < -0.39 is 66.9 Å². The van der Waals surface area contributed by atoms with E-state index in [1.165, 1.54) is 6.92 Å². The van der Waals surface area contributed by atoms with Crippen molar-refractivity contribution >= 4 is 29.7 Å². The first-order chi connectivity index (χ1) is 13.3. The topological polar surface area (TPSA) is 208 Å². The summed E-state index contributed by atoms with van der Waals surface area (Å²) in [4.78, 5) is 58.0. The predicted molar refractivity (Wildman–Crippen MR) is 100 cm³/mol. The molecule has 0 aliphatic carbocycles. The van der Waals surface area contributed by atoms with Gasteiger partial charge in [0.25, 0.3) is 0 Å². The number of hydrogen-bond acceptors (Lipinski definition) is 7. The van der Waals surface area contributed by atoms with Gasteiger partial charge in [0.1, 0.15) is 6.04 Å². The molecule has 0 bridgehead atoms. The molecule has 3 amide bonds. The number of amides is 3. The molecule has 0 aliphatic heterocycles. The van der Waals surface area contributed by atoms with Crippen LogP contribution < -0.4 is 21.7 Å². The zero-order valence-electron chi connectivity index (χ0n) is 16.7. The largest absolute Gasteiger partial charge is 0.481 e. The average molecular weight is 418 g/mol. The average Bonchev–Trinajstić information content (AvgIpc) is 2.59. The van der Waals surface area contributed by atoms with Gasteiger partial charge in [-0.3, -0.25) is 19.2 Å². The number of nitrogens with two attached hydrogens (primary N) is 1.